The Balaban J connectivity index is 1.90. The predicted octanol–water partition coefficient (Wildman–Crippen LogP) is 3.28. The van der Waals surface area contributed by atoms with Crippen LogP contribution in [0.3, 0.4) is 0 Å². The minimum atomic E-state index is -0.147. The fourth-order valence-electron chi connectivity index (χ4n) is 2.04. The fraction of sp³-hybridized carbons (Fsp3) is 0.357. The second-order valence-corrected chi connectivity index (χ2v) is 5.08. The lowest BCUT2D eigenvalue weighted by atomic mass is 9.96. The van der Waals surface area contributed by atoms with Crippen molar-refractivity contribution in [2.24, 2.45) is 5.92 Å². The van der Waals surface area contributed by atoms with Crippen molar-refractivity contribution in [1.29, 1.82) is 0 Å². The maximum absolute atomic E-state index is 11.8. The topological polar surface area (TPSA) is 41.1 Å². The van der Waals surface area contributed by atoms with Gasteiger partial charge in [-0.2, -0.15) is 0 Å². The van der Waals surface area contributed by atoms with Crippen molar-refractivity contribution in [1.82, 2.24) is 10.9 Å². The molecule has 4 heteroatoms. The first-order valence-electron chi connectivity index (χ1n) is 6.18. The van der Waals surface area contributed by atoms with Gasteiger partial charge in [-0.15, -0.1) is 0 Å². The summed E-state index contributed by atoms with van der Waals surface area (Å²) in [6.07, 6.45) is 5.55. The smallest absolute Gasteiger partial charge is 0.269 e. The molecule has 0 aliphatic heterocycles. The van der Waals surface area contributed by atoms with E-state index in [1.165, 1.54) is 6.42 Å². The Morgan fingerprint density at radius 1 is 1.33 bits per heavy atom. The Kier molecular flexibility index (Phi) is 4.26. The number of amides is 1. The molecule has 0 saturated heterocycles. The first-order chi connectivity index (χ1) is 8.65. The molecule has 1 aromatic carbocycles. The van der Waals surface area contributed by atoms with Gasteiger partial charge < -0.3 is 5.43 Å². The third-order valence-electron chi connectivity index (χ3n) is 3.03. The highest BCUT2D eigenvalue weighted by Gasteiger charge is 2.10. The van der Waals surface area contributed by atoms with E-state index in [0.29, 0.717) is 16.5 Å². The Morgan fingerprint density at radius 2 is 2.06 bits per heavy atom. The van der Waals surface area contributed by atoms with Gasteiger partial charge in [-0.05, 0) is 49.4 Å². The molecule has 3 nitrogen and oxygen atoms in total. The van der Waals surface area contributed by atoms with Crippen molar-refractivity contribution >= 4 is 17.5 Å². The maximum atomic E-state index is 11.8. The first kappa shape index (κ1) is 13.0. The fourth-order valence-corrected chi connectivity index (χ4v) is 2.17. The van der Waals surface area contributed by atoms with Crippen molar-refractivity contribution < 1.29 is 4.79 Å². The zero-order chi connectivity index (χ0) is 13.0. The molecule has 2 rings (SSSR count). The molecule has 0 saturated carbocycles. The highest BCUT2D eigenvalue weighted by Crippen LogP contribution is 2.20. The second-order valence-electron chi connectivity index (χ2n) is 4.65. The number of halogens is 1. The van der Waals surface area contributed by atoms with Gasteiger partial charge in [-0.1, -0.05) is 24.6 Å². The summed E-state index contributed by atoms with van der Waals surface area (Å²) in [5.41, 5.74) is 7.39. The van der Waals surface area contributed by atoms with Gasteiger partial charge in [0.25, 0.3) is 5.91 Å². The van der Waals surface area contributed by atoms with Gasteiger partial charge >= 0.3 is 0 Å². The van der Waals surface area contributed by atoms with Crippen LogP contribution < -0.4 is 10.9 Å². The average molecular weight is 265 g/mol. The summed E-state index contributed by atoms with van der Waals surface area (Å²) in [6, 6.07) is 6.82. The van der Waals surface area contributed by atoms with E-state index < -0.39 is 0 Å². The van der Waals surface area contributed by atoms with Crippen LogP contribution in [-0.4, -0.2) is 5.91 Å². The largest absolute Gasteiger partial charge is 0.303 e. The van der Waals surface area contributed by atoms with Crippen molar-refractivity contribution in [3.8, 4) is 0 Å². The molecular weight excluding hydrogens is 248 g/mol. The van der Waals surface area contributed by atoms with Crippen LogP contribution in [0.4, 0.5) is 0 Å². The summed E-state index contributed by atoms with van der Waals surface area (Å²) in [5.74, 6) is 0.430. The van der Waals surface area contributed by atoms with Gasteiger partial charge in [0.2, 0.25) is 0 Å². The summed E-state index contributed by atoms with van der Waals surface area (Å²) < 4.78 is 0. The highest BCUT2D eigenvalue weighted by molar-refractivity contribution is 6.30. The molecule has 1 atom stereocenters. The minimum absolute atomic E-state index is 0.147. The Bertz CT molecular complexity index is 453. The molecule has 0 bridgehead atoms. The summed E-state index contributed by atoms with van der Waals surface area (Å²) in [4.78, 5) is 11.8. The number of rotatable bonds is 3. The molecule has 0 heterocycles. The average Bonchev–Trinajstić information content (AvgIpc) is 2.37. The number of hydrogen-bond acceptors (Lipinski definition) is 2. The van der Waals surface area contributed by atoms with E-state index in [9.17, 15) is 4.79 Å². The van der Waals surface area contributed by atoms with Crippen molar-refractivity contribution in [2.45, 2.75) is 26.2 Å². The molecule has 1 amide bonds. The van der Waals surface area contributed by atoms with Crippen LogP contribution in [0, 0.1) is 5.92 Å². The molecule has 0 spiro atoms. The molecule has 2 N–H and O–H groups in total. The maximum Gasteiger partial charge on any atom is 0.269 e. The van der Waals surface area contributed by atoms with Crippen LogP contribution >= 0.6 is 11.6 Å². The molecule has 0 aromatic heterocycles. The number of carbonyl (C=O) groups is 1. The normalized spacial score (nSPS) is 19.0. The standard InChI is InChI=1S/C14H17ClN2O/c1-10-3-2-4-13(9-10)16-17-14(18)11-5-7-12(15)8-6-11/h5-10,16H,2-4H2,1H3,(H,17,18). The van der Waals surface area contributed by atoms with Crippen LogP contribution in [0.15, 0.2) is 36.0 Å². The van der Waals surface area contributed by atoms with Crippen LogP contribution in [0.2, 0.25) is 5.02 Å². The van der Waals surface area contributed by atoms with Crippen molar-refractivity contribution in [3.05, 3.63) is 46.6 Å². The monoisotopic (exact) mass is 264 g/mol. The van der Waals surface area contributed by atoms with Crippen LogP contribution in [0.25, 0.3) is 0 Å². The molecule has 0 fully saturated rings. The molecule has 18 heavy (non-hydrogen) atoms. The second kappa shape index (κ2) is 5.91. The lowest BCUT2D eigenvalue weighted by molar-refractivity contribution is 0.0938. The number of nitrogens with one attached hydrogen (secondary N) is 2. The number of carbonyl (C=O) groups excluding carboxylic acids is 1. The predicted molar refractivity (Wildman–Crippen MR) is 73.2 cm³/mol. The Hall–Kier alpha value is -1.48. The first-order valence-corrected chi connectivity index (χ1v) is 6.55. The van der Waals surface area contributed by atoms with Gasteiger partial charge in [0.05, 0.1) is 0 Å². The van der Waals surface area contributed by atoms with Crippen molar-refractivity contribution in [3.63, 3.8) is 0 Å². The number of allylic oxidation sites excluding steroid dienone is 2. The number of benzene rings is 1. The van der Waals surface area contributed by atoms with E-state index in [1.54, 1.807) is 24.3 Å². The highest BCUT2D eigenvalue weighted by atomic mass is 35.5. The molecule has 1 aromatic rings. The van der Waals surface area contributed by atoms with E-state index in [1.807, 2.05) is 0 Å². The summed E-state index contributed by atoms with van der Waals surface area (Å²) in [7, 11) is 0. The SMILES string of the molecule is CC1C=C(NNC(=O)c2ccc(Cl)cc2)CCC1. The third kappa shape index (κ3) is 3.50. The van der Waals surface area contributed by atoms with E-state index in [0.717, 1.165) is 18.5 Å². The van der Waals surface area contributed by atoms with E-state index in [-0.39, 0.29) is 5.91 Å². The Morgan fingerprint density at radius 3 is 2.72 bits per heavy atom. The van der Waals surface area contributed by atoms with Gasteiger partial charge in [-0.3, -0.25) is 10.2 Å². The summed E-state index contributed by atoms with van der Waals surface area (Å²) in [5, 5.41) is 0.628. The third-order valence-corrected chi connectivity index (χ3v) is 3.29. The van der Waals surface area contributed by atoms with E-state index >= 15 is 0 Å². The van der Waals surface area contributed by atoms with Gasteiger partial charge in [0.15, 0.2) is 0 Å². The summed E-state index contributed by atoms with van der Waals surface area (Å²) >= 11 is 5.77. The van der Waals surface area contributed by atoms with E-state index in [4.69, 9.17) is 11.6 Å². The molecule has 1 unspecified atom stereocenters. The molecule has 0 radical (unpaired) electrons. The zero-order valence-corrected chi connectivity index (χ0v) is 11.1. The molecule has 1 aliphatic rings. The van der Waals surface area contributed by atoms with Gasteiger partial charge in [-0.25, -0.2) is 0 Å². The quantitative estimate of drug-likeness (QED) is 0.823. The number of hydrogen-bond donors (Lipinski definition) is 2. The van der Waals surface area contributed by atoms with Crippen LogP contribution in [0.1, 0.15) is 36.5 Å². The van der Waals surface area contributed by atoms with Crippen LogP contribution in [0.5, 0.6) is 0 Å². The lowest BCUT2D eigenvalue weighted by Gasteiger charge is -2.19. The minimum Gasteiger partial charge on any atom is -0.303 e. The van der Waals surface area contributed by atoms with E-state index in [2.05, 4.69) is 23.9 Å². The lowest BCUT2D eigenvalue weighted by Crippen LogP contribution is -2.37. The Labute approximate surface area is 112 Å². The van der Waals surface area contributed by atoms with Crippen molar-refractivity contribution in [2.75, 3.05) is 0 Å². The molecule has 1 aliphatic carbocycles. The van der Waals surface area contributed by atoms with Gasteiger partial charge in [0, 0.05) is 16.3 Å². The number of hydrazine groups is 1. The summed E-state index contributed by atoms with van der Waals surface area (Å²) in [6.45, 7) is 2.18. The molecule has 96 valence electrons. The zero-order valence-electron chi connectivity index (χ0n) is 10.4. The van der Waals surface area contributed by atoms with Crippen LogP contribution in [-0.2, 0) is 0 Å². The van der Waals surface area contributed by atoms with Gasteiger partial charge in [0.1, 0.15) is 0 Å². The molecular formula is C14H17ClN2O.